The Bertz CT molecular complexity index is 1090. The monoisotopic (exact) mass is 518 g/mol. The number of aryl methyl sites for hydroxylation is 1. The number of rotatable bonds is 7. The van der Waals surface area contributed by atoms with E-state index in [0.717, 1.165) is 42.7 Å². The van der Waals surface area contributed by atoms with Gasteiger partial charge in [-0.1, -0.05) is 60.2 Å². The number of nitrogens with one attached hydrogen (secondary N) is 1. The van der Waals surface area contributed by atoms with Gasteiger partial charge in [0.1, 0.15) is 0 Å². The molecular weight excluding hydrogens is 476 g/mol. The van der Waals surface area contributed by atoms with Crippen molar-refractivity contribution in [1.82, 2.24) is 15.2 Å². The summed E-state index contributed by atoms with van der Waals surface area (Å²) in [5, 5.41) is 3.25. The van der Waals surface area contributed by atoms with Crippen molar-refractivity contribution in [3.63, 3.8) is 0 Å². The van der Waals surface area contributed by atoms with Crippen LogP contribution in [0.3, 0.4) is 0 Å². The lowest BCUT2D eigenvalue weighted by Gasteiger charge is -2.21. The minimum Gasteiger partial charge on any atom is -0.372 e. The van der Waals surface area contributed by atoms with Crippen LogP contribution in [0.1, 0.15) is 52.2 Å². The van der Waals surface area contributed by atoms with E-state index in [4.69, 9.17) is 0 Å². The Balaban J connectivity index is 0.000000207. The van der Waals surface area contributed by atoms with E-state index in [1.165, 1.54) is 30.4 Å². The van der Waals surface area contributed by atoms with Gasteiger partial charge >= 0.3 is 0 Å². The number of hydrogen-bond donors (Lipinski definition) is 2. The van der Waals surface area contributed by atoms with Crippen LogP contribution in [0.25, 0.3) is 0 Å². The van der Waals surface area contributed by atoms with Crippen molar-refractivity contribution in [1.29, 1.82) is 0 Å². The normalized spacial score (nSPS) is 15.4. The number of likely N-dealkylation sites (N-methyl/N-ethyl adjacent to an activating group) is 1. The number of fused-ring (bicyclic) bond motifs is 1. The molecule has 0 spiro atoms. The summed E-state index contributed by atoms with van der Waals surface area (Å²) in [6.07, 6.45) is 9.25. The van der Waals surface area contributed by atoms with Crippen molar-refractivity contribution >= 4 is 24.2 Å². The van der Waals surface area contributed by atoms with Crippen molar-refractivity contribution in [2.45, 2.75) is 38.6 Å². The van der Waals surface area contributed by atoms with Crippen molar-refractivity contribution in [3.8, 4) is 0 Å². The van der Waals surface area contributed by atoms with E-state index >= 15 is 0 Å². The van der Waals surface area contributed by atoms with E-state index in [9.17, 15) is 4.79 Å². The molecule has 37 heavy (non-hydrogen) atoms. The van der Waals surface area contributed by atoms with Crippen molar-refractivity contribution in [3.05, 3.63) is 95.3 Å². The van der Waals surface area contributed by atoms with Gasteiger partial charge in [-0.2, -0.15) is 12.6 Å². The van der Waals surface area contributed by atoms with Crippen LogP contribution in [-0.4, -0.2) is 55.8 Å². The van der Waals surface area contributed by atoms with Gasteiger partial charge in [0.05, 0.1) is 11.3 Å². The molecule has 3 aromatic rings. The van der Waals surface area contributed by atoms with Crippen LogP contribution < -0.4 is 10.2 Å². The van der Waals surface area contributed by atoms with Gasteiger partial charge in [-0.25, -0.2) is 0 Å². The zero-order valence-electron chi connectivity index (χ0n) is 22.7. The van der Waals surface area contributed by atoms with Crippen LogP contribution in [0.5, 0.6) is 0 Å². The average molecular weight is 519 g/mol. The molecule has 1 amide bonds. The Labute approximate surface area is 228 Å². The Hall–Kier alpha value is -2.83. The van der Waals surface area contributed by atoms with Gasteiger partial charge in [0.2, 0.25) is 0 Å². The first-order valence-corrected chi connectivity index (χ1v) is 14.1. The van der Waals surface area contributed by atoms with Crippen LogP contribution in [-0.2, 0) is 6.54 Å². The van der Waals surface area contributed by atoms with Crippen LogP contribution in [0.4, 0.5) is 5.69 Å². The van der Waals surface area contributed by atoms with Crippen LogP contribution >= 0.6 is 12.6 Å². The first-order valence-electron chi connectivity index (χ1n) is 13.2. The third kappa shape index (κ3) is 8.34. The summed E-state index contributed by atoms with van der Waals surface area (Å²) >= 11 is 3.53. The summed E-state index contributed by atoms with van der Waals surface area (Å²) in [5.74, 6) is 1.82. The molecule has 1 saturated carbocycles. The molecule has 1 atom stereocenters. The predicted molar refractivity (Wildman–Crippen MR) is 159 cm³/mol. The van der Waals surface area contributed by atoms with Gasteiger partial charge < -0.3 is 15.1 Å². The second-order valence-corrected chi connectivity index (χ2v) is 9.77. The molecule has 5 nitrogen and oxygen atoms in total. The second kappa shape index (κ2) is 14.8. The molecule has 1 aliphatic heterocycles. The third-order valence-corrected chi connectivity index (χ3v) is 7.05. The Morgan fingerprint density at radius 3 is 2.38 bits per heavy atom. The van der Waals surface area contributed by atoms with Gasteiger partial charge in [0, 0.05) is 39.1 Å². The first kappa shape index (κ1) is 28.7. The summed E-state index contributed by atoms with van der Waals surface area (Å²) < 4.78 is 0. The molecule has 6 heteroatoms. The lowest BCUT2D eigenvalue weighted by Crippen LogP contribution is -2.33. The number of anilines is 1. The van der Waals surface area contributed by atoms with Crippen molar-refractivity contribution in [2.24, 2.45) is 5.92 Å². The van der Waals surface area contributed by atoms with E-state index in [1.807, 2.05) is 25.1 Å². The molecule has 2 aromatic carbocycles. The van der Waals surface area contributed by atoms with Gasteiger partial charge in [-0.05, 0) is 75.1 Å². The summed E-state index contributed by atoms with van der Waals surface area (Å²) in [7, 11) is 4.05. The van der Waals surface area contributed by atoms with Gasteiger partial charge in [0.25, 0.3) is 5.91 Å². The Morgan fingerprint density at radius 2 is 1.73 bits per heavy atom. The number of nitrogens with zero attached hydrogens (tertiary/aromatic N) is 3. The molecule has 1 aliphatic carbocycles. The van der Waals surface area contributed by atoms with E-state index in [1.54, 1.807) is 18.6 Å². The van der Waals surface area contributed by atoms with Gasteiger partial charge in [-0.3, -0.25) is 9.78 Å². The standard InChI is InChI=1S/C17H19N3O.C13H19N.CH4S/c1-13-3-5-14(6-4-13)12-20-10-9-19(2)16-7-8-18-11-15(16)17(20)21;1-14-10-9-13(12-7-8-12)11-5-3-2-4-6-11;1-2/h3-8,11H,9-10,12H2,1-2H3;2-6,12-14H,7-10H2,1H3;2H,1H3. The maximum absolute atomic E-state index is 12.7. The number of thiol groups is 1. The summed E-state index contributed by atoms with van der Waals surface area (Å²) in [6, 6.07) is 21.2. The van der Waals surface area contributed by atoms with Crippen LogP contribution in [0, 0.1) is 12.8 Å². The molecule has 0 radical (unpaired) electrons. The number of carbonyl (C=O) groups is 1. The fourth-order valence-electron chi connectivity index (χ4n) is 4.79. The highest BCUT2D eigenvalue weighted by atomic mass is 32.1. The molecule has 1 aromatic heterocycles. The van der Waals surface area contributed by atoms with Crippen LogP contribution in [0.2, 0.25) is 0 Å². The average Bonchev–Trinajstić information content (AvgIpc) is 3.80. The Kier molecular flexibility index (Phi) is 11.5. The maximum atomic E-state index is 12.7. The minimum atomic E-state index is 0.0584. The highest BCUT2D eigenvalue weighted by Gasteiger charge is 2.31. The second-order valence-electron chi connectivity index (χ2n) is 9.77. The first-order chi connectivity index (χ1) is 18.1. The van der Waals surface area contributed by atoms with Gasteiger partial charge in [0.15, 0.2) is 0 Å². The molecule has 198 valence electrons. The lowest BCUT2D eigenvalue weighted by atomic mass is 9.91. The molecule has 1 unspecified atom stereocenters. The Morgan fingerprint density at radius 1 is 1.03 bits per heavy atom. The topological polar surface area (TPSA) is 48.5 Å². The van der Waals surface area contributed by atoms with E-state index in [0.29, 0.717) is 12.1 Å². The van der Waals surface area contributed by atoms with Gasteiger partial charge in [-0.15, -0.1) is 0 Å². The number of benzene rings is 2. The minimum absolute atomic E-state index is 0.0584. The van der Waals surface area contributed by atoms with Crippen molar-refractivity contribution in [2.75, 3.05) is 44.9 Å². The summed E-state index contributed by atoms with van der Waals surface area (Å²) in [5.41, 5.74) is 5.57. The quantitative estimate of drug-likeness (QED) is 0.387. The number of aromatic nitrogens is 1. The van der Waals surface area contributed by atoms with Crippen molar-refractivity contribution < 1.29 is 4.79 Å². The molecule has 1 N–H and O–H groups in total. The highest BCUT2D eigenvalue weighted by Crippen LogP contribution is 2.44. The molecule has 0 saturated heterocycles. The predicted octanol–water partition coefficient (Wildman–Crippen LogP) is 5.82. The highest BCUT2D eigenvalue weighted by molar-refractivity contribution is 7.79. The lowest BCUT2D eigenvalue weighted by molar-refractivity contribution is 0.0754. The zero-order valence-corrected chi connectivity index (χ0v) is 23.6. The largest absolute Gasteiger partial charge is 0.372 e. The number of pyridine rings is 1. The SMILES string of the molecule is CNCCC(c1ccccc1)C1CC1.CS.Cc1ccc(CN2CCN(C)c3ccncc3C2=O)cc1. The fraction of sp³-hybridized carbons (Fsp3) is 0.419. The molecule has 5 rings (SSSR count). The summed E-state index contributed by atoms with van der Waals surface area (Å²) in [6.45, 7) is 5.39. The van der Waals surface area contributed by atoms with E-state index < -0.39 is 0 Å². The molecule has 0 bridgehead atoms. The smallest absolute Gasteiger partial charge is 0.257 e. The zero-order chi connectivity index (χ0) is 26.6. The molecule has 2 heterocycles. The fourth-order valence-corrected chi connectivity index (χ4v) is 4.79. The maximum Gasteiger partial charge on any atom is 0.257 e. The molecule has 1 fully saturated rings. The number of carbonyl (C=O) groups excluding carboxylic acids is 1. The third-order valence-electron chi connectivity index (χ3n) is 7.05. The van der Waals surface area contributed by atoms with Crippen LogP contribution in [0.15, 0.2) is 73.1 Å². The van der Waals surface area contributed by atoms with E-state index in [2.05, 4.69) is 89.4 Å². The number of hydrogen-bond acceptors (Lipinski definition) is 5. The number of amides is 1. The molecule has 2 aliphatic rings. The van der Waals surface area contributed by atoms with E-state index in [-0.39, 0.29) is 5.91 Å². The molecular formula is C31H42N4OS. The summed E-state index contributed by atoms with van der Waals surface area (Å²) in [4.78, 5) is 20.8.